The summed E-state index contributed by atoms with van der Waals surface area (Å²) < 4.78 is 0. The number of carbonyl (C=O) groups excluding carboxylic acids is 1. The number of fused-ring (bicyclic) bond motifs is 1. The van der Waals surface area contributed by atoms with Crippen LogP contribution in [-0.2, 0) is 0 Å². The average molecular weight is 333 g/mol. The zero-order valence-electron chi connectivity index (χ0n) is 14.2. The number of hydrogen-bond donors (Lipinski definition) is 2. The van der Waals surface area contributed by atoms with Gasteiger partial charge in [0, 0.05) is 11.1 Å². The van der Waals surface area contributed by atoms with Gasteiger partial charge in [-0.2, -0.15) is 5.10 Å². The molecule has 5 nitrogen and oxygen atoms in total. The lowest BCUT2D eigenvalue weighted by Crippen LogP contribution is -2.20. The van der Waals surface area contributed by atoms with Crippen molar-refractivity contribution in [3.8, 4) is 5.75 Å². The number of hydrogen-bond acceptors (Lipinski definition) is 4. The third-order valence-corrected chi connectivity index (χ3v) is 3.92. The van der Waals surface area contributed by atoms with Crippen LogP contribution < -0.4 is 5.43 Å². The number of nitrogens with one attached hydrogen (secondary N) is 1. The molecule has 25 heavy (non-hydrogen) atoms. The minimum Gasteiger partial charge on any atom is -0.508 e. The van der Waals surface area contributed by atoms with E-state index in [1.54, 1.807) is 30.3 Å². The maximum Gasteiger partial charge on any atom is 0.272 e. The first-order valence-corrected chi connectivity index (χ1v) is 8.11. The number of amides is 1. The summed E-state index contributed by atoms with van der Waals surface area (Å²) in [6.07, 6.45) is 0.654. The molecule has 0 fully saturated rings. The number of benzene rings is 2. The van der Waals surface area contributed by atoms with E-state index in [0.717, 1.165) is 27.9 Å². The van der Waals surface area contributed by atoms with Crippen molar-refractivity contribution >= 4 is 22.5 Å². The Labute approximate surface area is 146 Å². The summed E-state index contributed by atoms with van der Waals surface area (Å²) in [5, 5.41) is 14.5. The Morgan fingerprint density at radius 2 is 1.88 bits per heavy atom. The summed E-state index contributed by atoms with van der Waals surface area (Å²) in [7, 11) is 0. The number of rotatable bonds is 4. The minimum absolute atomic E-state index is 0.196. The van der Waals surface area contributed by atoms with Gasteiger partial charge in [-0.1, -0.05) is 25.1 Å². The smallest absolute Gasteiger partial charge is 0.272 e. The van der Waals surface area contributed by atoms with Gasteiger partial charge >= 0.3 is 0 Å². The first-order chi connectivity index (χ1) is 12.1. The van der Waals surface area contributed by atoms with E-state index in [-0.39, 0.29) is 11.7 Å². The summed E-state index contributed by atoms with van der Waals surface area (Å²) in [4.78, 5) is 17.1. The molecular weight excluding hydrogens is 314 g/mol. The monoisotopic (exact) mass is 333 g/mol. The number of para-hydroxylation sites is 1. The van der Waals surface area contributed by atoms with Crippen molar-refractivity contribution in [3.05, 3.63) is 71.4 Å². The van der Waals surface area contributed by atoms with Crippen LogP contribution in [0.4, 0.5) is 0 Å². The van der Waals surface area contributed by atoms with Gasteiger partial charge in [0.1, 0.15) is 5.75 Å². The van der Waals surface area contributed by atoms with Crippen LogP contribution in [0.25, 0.3) is 10.9 Å². The second-order valence-electron chi connectivity index (χ2n) is 5.73. The second-order valence-corrected chi connectivity index (χ2v) is 5.73. The third-order valence-electron chi connectivity index (χ3n) is 3.92. The Bertz CT molecular complexity index is 947. The fourth-order valence-corrected chi connectivity index (χ4v) is 2.68. The van der Waals surface area contributed by atoms with E-state index in [9.17, 15) is 9.90 Å². The second kappa shape index (κ2) is 7.13. The number of phenols is 1. The van der Waals surface area contributed by atoms with E-state index in [0.29, 0.717) is 12.0 Å². The molecule has 0 aliphatic carbocycles. The Kier molecular flexibility index (Phi) is 4.75. The predicted octanol–water partition coefficient (Wildman–Crippen LogP) is 3.79. The number of aryl methyl sites for hydroxylation is 1. The van der Waals surface area contributed by atoms with Gasteiger partial charge in [-0.3, -0.25) is 9.78 Å². The van der Waals surface area contributed by atoms with Gasteiger partial charge in [0.2, 0.25) is 0 Å². The number of nitrogens with zero attached hydrogens (tertiary/aromatic N) is 2. The van der Waals surface area contributed by atoms with E-state index in [1.807, 2.05) is 38.1 Å². The zero-order valence-corrected chi connectivity index (χ0v) is 14.2. The number of phenolic OH excluding ortho intramolecular Hbond substituents is 1. The molecule has 2 aromatic carbocycles. The molecule has 0 atom stereocenters. The highest BCUT2D eigenvalue weighted by molar-refractivity contribution is 6.07. The first-order valence-electron chi connectivity index (χ1n) is 8.11. The first kappa shape index (κ1) is 16.6. The van der Waals surface area contributed by atoms with Gasteiger partial charge in [-0.05, 0) is 55.3 Å². The molecule has 1 aromatic heterocycles. The fraction of sp³-hybridized carbons (Fsp3) is 0.150. The van der Waals surface area contributed by atoms with Crippen LogP contribution in [0, 0.1) is 6.92 Å². The van der Waals surface area contributed by atoms with Gasteiger partial charge in [0.25, 0.3) is 5.91 Å². The molecule has 0 unspecified atom stereocenters. The van der Waals surface area contributed by atoms with E-state index in [2.05, 4.69) is 15.5 Å². The van der Waals surface area contributed by atoms with Crippen molar-refractivity contribution in [2.45, 2.75) is 20.3 Å². The molecule has 3 rings (SSSR count). The molecule has 0 saturated heterocycles. The van der Waals surface area contributed by atoms with Crippen LogP contribution in [-0.4, -0.2) is 21.7 Å². The van der Waals surface area contributed by atoms with E-state index < -0.39 is 0 Å². The molecule has 2 N–H and O–H groups in total. The molecule has 0 spiro atoms. The van der Waals surface area contributed by atoms with Crippen molar-refractivity contribution in [2.24, 2.45) is 5.10 Å². The maximum atomic E-state index is 12.6. The number of carbonyl (C=O) groups is 1. The van der Waals surface area contributed by atoms with Gasteiger partial charge in [0.05, 0.1) is 16.8 Å². The lowest BCUT2D eigenvalue weighted by Gasteiger charge is -2.08. The lowest BCUT2D eigenvalue weighted by molar-refractivity contribution is 0.0956. The van der Waals surface area contributed by atoms with Crippen LogP contribution in [0.1, 0.15) is 35.0 Å². The Morgan fingerprint density at radius 3 is 2.60 bits per heavy atom. The summed E-state index contributed by atoms with van der Waals surface area (Å²) in [5.74, 6) is -0.0756. The minimum atomic E-state index is -0.272. The molecule has 1 amide bonds. The molecule has 0 radical (unpaired) electrons. The average Bonchev–Trinajstić information content (AvgIpc) is 2.62. The highest BCUT2D eigenvalue weighted by Gasteiger charge is 2.12. The molecule has 5 heteroatoms. The van der Waals surface area contributed by atoms with Gasteiger partial charge < -0.3 is 5.11 Å². The summed E-state index contributed by atoms with van der Waals surface area (Å²) in [6.45, 7) is 3.82. The highest BCUT2D eigenvalue weighted by atomic mass is 16.3. The number of pyridine rings is 1. The molecule has 1 heterocycles. The van der Waals surface area contributed by atoms with Crippen molar-refractivity contribution in [2.75, 3.05) is 0 Å². The van der Waals surface area contributed by atoms with Gasteiger partial charge in [-0.25, -0.2) is 5.43 Å². The number of aromatic hydroxyl groups is 1. The molecule has 126 valence electrons. The normalized spacial score (nSPS) is 11.5. The standard InChI is InChI=1S/C20H19N3O2/c1-3-18(14-8-10-15(24)11-9-14)22-23-20(25)17-12-13(2)21-19-7-5-4-6-16(17)19/h4-12,24H,3H2,1-2H3,(H,23,25). The lowest BCUT2D eigenvalue weighted by atomic mass is 10.1. The van der Waals surface area contributed by atoms with Crippen LogP contribution in [0.15, 0.2) is 59.7 Å². The SMILES string of the molecule is CCC(=NNC(=O)c1cc(C)nc2ccccc12)c1ccc(O)cc1. The number of aromatic nitrogens is 1. The fourth-order valence-electron chi connectivity index (χ4n) is 2.68. The molecule has 0 aliphatic heterocycles. The third kappa shape index (κ3) is 3.66. The van der Waals surface area contributed by atoms with Crippen molar-refractivity contribution in [1.82, 2.24) is 10.4 Å². The van der Waals surface area contributed by atoms with Crippen molar-refractivity contribution in [1.29, 1.82) is 0 Å². The number of hydrazone groups is 1. The van der Waals surface area contributed by atoms with Crippen LogP contribution in [0.5, 0.6) is 5.75 Å². The van der Waals surface area contributed by atoms with Gasteiger partial charge in [0.15, 0.2) is 0 Å². The summed E-state index contributed by atoms with van der Waals surface area (Å²) >= 11 is 0. The van der Waals surface area contributed by atoms with E-state index in [4.69, 9.17) is 0 Å². The Balaban J connectivity index is 1.90. The van der Waals surface area contributed by atoms with Crippen LogP contribution in [0.2, 0.25) is 0 Å². The van der Waals surface area contributed by atoms with Crippen LogP contribution >= 0.6 is 0 Å². The quantitative estimate of drug-likeness (QED) is 0.563. The van der Waals surface area contributed by atoms with E-state index in [1.165, 1.54) is 0 Å². The van der Waals surface area contributed by atoms with Crippen LogP contribution in [0.3, 0.4) is 0 Å². The molecule has 0 aliphatic rings. The van der Waals surface area contributed by atoms with Crippen molar-refractivity contribution < 1.29 is 9.90 Å². The van der Waals surface area contributed by atoms with Crippen molar-refractivity contribution in [3.63, 3.8) is 0 Å². The molecule has 0 bridgehead atoms. The molecule has 0 saturated carbocycles. The largest absolute Gasteiger partial charge is 0.508 e. The predicted molar refractivity (Wildman–Crippen MR) is 98.9 cm³/mol. The molecular formula is C20H19N3O2. The molecule has 3 aromatic rings. The zero-order chi connectivity index (χ0) is 17.8. The van der Waals surface area contributed by atoms with E-state index >= 15 is 0 Å². The highest BCUT2D eigenvalue weighted by Crippen LogP contribution is 2.18. The Morgan fingerprint density at radius 1 is 1.16 bits per heavy atom. The van der Waals surface area contributed by atoms with Gasteiger partial charge in [-0.15, -0.1) is 0 Å². The topological polar surface area (TPSA) is 74.6 Å². The maximum absolute atomic E-state index is 12.6. The summed E-state index contributed by atoms with van der Waals surface area (Å²) in [6, 6.07) is 16.1. The summed E-state index contributed by atoms with van der Waals surface area (Å²) in [5.41, 5.74) is 6.35. The Hall–Kier alpha value is -3.21.